The number of nitrogens with zero attached hydrogens (tertiary/aromatic N) is 3. The fourth-order valence-corrected chi connectivity index (χ4v) is 4.44. The van der Waals surface area contributed by atoms with Crippen molar-refractivity contribution >= 4 is 23.5 Å². The number of Topliss-reactive ketones (excluding diaryl/α,β-unsaturated/α-hetero) is 1. The van der Waals surface area contributed by atoms with Crippen molar-refractivity contribution in [2.75, 3.05) is 12.4 Å². The average molecular weight is 465 g/mol. The fourth-order valence-electron chi connectivity index (χ4n) is 3.63. The van der Waals surface area contributed by atoms with Gasteiger partial charge in [-0.2, -0.15) is 0 Å². The van der Waals surface area contributed by atoms with E-state index in [2.05, 4.69) is 15.2 Å². The maximum atomic E-state index is 13.0. The van der Waals surface area contributed by atoms with Gasteiger partial charge in [-0.1, -0.05) is 42.1 Å². The first kappa shape index (κ1) is 22.6. The highest BCUT2D eigenvalue weighted by atomic mass is 32.2. The van der Waals surface area contributed by atoms with Gasteiger partial charge in [0.05, 0.1) is 36.4 Å². The Morgan fingerprint density at radius 3 is 2.61 bits per heavy atom. The molecule has 1 aromatic carbocycles. The second-order valence-electron chi connectivity index (χ2n) is 7.41. The summed E-state index contributed by atoms with van der Waals surface area (Å²) in [4.78, 5) is 28.3. The number of hydrogen-bond donors (Lipinski definition) is 1. The summed E-state index contributed by atoms with van der Waals surface area (Å²) in [5.74, 6) is 0.765. The zero-order valence-corrected chi connectivity index (χ0v) is 19.4. The van der Waals surface area contributed by atoms with Gasteiger partial charge in [0.2, 0.25) is 5.82 Å². The molecule has 33 heavy (non-hydrogen) atoms. The molecule has 9 heteroatoms. The van der Waals surface area contributed by atoms with Gasteiger partial charge in [-0.15, -0.1) is 10.2 Å². The van der Waals surface area contributed by atoms with Crippen molar-refractivity contribution in [3.05, 3.63) is 76.8 Å². The Morgan fingerprint density at radius 1 is 1.12 bits per heavy atom. The number of hydrogen-bond acceptors (Lipinski definition) is 7. The lowest BCUT2D eigenvalue weighted by molar-refractivity contribution is 0.0525. The van der Waals surface area contributed by atoms with Gasteiger partial charge in [0.15, 0.2) is 16.7 Å². The molecule has 170 valence electrons. The van der Waals surface area contributed by atoms with Crippen LogP contribution >= 0.6 is 11.8 Å². The largest absolute Gasteiger partial charge is 0.462 e. The topological polar surface area (TPSA) is 103 Å². The summed E-state index contributed by atoms with van der Waals surface area (Å²) in [5, 5.41) is 9.22. The normalized spacial score (nSPS) is 11.0. The molecule has 0 aliphatic heterocycles. The second kappa shape index (κ2) is 9.91. The van der Waals surface area contributed by atoms with Crippen LogP contribution in [-0.2, 0) is 11.3 Å². The number of carbonyl (C=O) groups excluding carboxylic acids is 2. The van der Waals surface area contributed by atoms with E-state index in [1.807, 2.05) is 41.0 Å². The van der Waals surface area contributed by atoms with E-state index in [0.717, 1.165) is 5.56 Å². The lowest BCUT2D eigenvalue weighted by atomic mass is 10.1. The van der Waals surface area contributed by atoms with E-state index in [1.54, 1.807) is 33.1 Å². The summed E-state index contributed by atoms with van der Waals surface area (Å²) in [6, 6.07) is 13.6. The molecule has 0 aliphatic rings. The van der Waals surface area contributed by atoms with Crippen LogP contribution < -0.4 is 0 Å². The van der Waals surface area contributed by atoms with Crippen molar-refractivity contribution in [1.82, 2.24) is 19.7 Å². The average Bonchev–Trinajstić information content (AvgIpc) is 3.53. The number of carbonyl (C=O) groups is 2. The summed E-state index contributed by atoms with van der Waals surface area (Å²) in [7, 11) is 0. The third kappa shape index (κ3) is 4.78. The Bertz CT molecular complexity index is 1260. The Hall–Kier alpha value is -3.59. The monoisotopic (exact) mass is 464 g/mol. The molecule has 0 bridgehead atoms. The highest BCUT2D eigenvalue weighted by Crippen LogP contribution is 2.27. The molecule has 0 spiro atoms. The zero-order chi connectivity index (χ0) is 23.4. The van der Waals surface area contributed by atoms with Crippen molar-refractivity contribution in [2.45, 2.75) is 32.5 Å². The third-order valence-electron chi connectivity index (χ3n) is 5.17. The van der Waals surface area contributed by atoms with Crippen molar-refractivity contribution in [1.29, 1.82) is 0 Å². The quantitative estimate of drug-likeness (QED) is 0.218. The van der Waals surface area contributed by atoms with Crippen molar-refractivity contribution < 1.29 is 18.7 Å². The molecule has 1 N–H and O–H groups in total. The van der Waals surface area contributed by atoms with E-state index in [1.165, 1.54) is 11.8 Å². The molecule has 4 rings (SSSR count). The van der Waals surface area contributed by atoms with Crippen LogP contribution in [0, 0.1) is 13.8 Å². The lowest BCUT2D eigenvalue weighted by Gasteiger charge is -2.09. The molecule has 0 aliphatic carbocycles. The van der Waals surface area contributed by atoms with Gasteiger partial charge in [-0.25, -0.2) is 4.79 Å². The first-order chi connectivity index (χ1) is 16.0. The molecule has 0 radical (unpaired) electrons. The molecule has 0 atom stereocenters. The number of aromatic amines is 1. The SMILES string of the molecule is CCOC(=O)c1c(C)[nH]c(C(=O)CSc2nnc(-c3ccco3)n2Cc2ccccc2)c1C. The Kier molecular flexibility index (Phi) is 6.79. The number of H-pyrrole nitrogens is 1. The number of ether oxygens (including phenoxy) is 1. The number of thioether (sulfide) groups is 1. The number of nitrogens with one attached hydrogen (secondary N) is 1. The van der Waals surface area contributed by atoms with Crippen LogP contribution in [-0.4, -0.2) is 43.9 Å². The second-order valence-corrected chi connectivity index (χ2v) is 8.36. The van der Waals surface area contributed by atoms with Gasteiger partial charge in [0.1, 0.15) is 0 Å². The van der Waals surface area contributed by atoms with Gasteiger partial charge >= 0.3 is 5.97 Å². The summed E-state index contributed by atoms with van der Waals surface area (Å²) >= 11 is 1.29. The number of aryl methyl sites for hydroxylation is 1. The zero-order valence-electron chi connectivity index (χ0n) is 18.6. The minimum absolute atomic E-state index is 0.133. The van der Waals surface area contributed by atoms with Gasteiger partial charge < -0.3 is 14.1 Å². The van der Waals surface area contributed by atoms with E-state index in [4.69, 9.17) is 9.15 Å². The number of rotatable bonds is 9. The molecular formula is C24H24N4O4S. The van der Waals surface area contributed by atoms with E-state index in [9.17, 15) is 9.59 Å². The molecule has 4 aromatic rings. The van der Waals surface area contributed by atoms with Crippen molar-refractivity contribution in [3.8, 4) is 11.6 Å². The number of ketones is 1. The minimum atomic E-state index is -0.429. The Labute approximate surface area is 195 Å². The number of benzene rings is 1. The maximum absolute atomic E-state index is 13.0. The third-order valence-corrected chi connectivity index (χ3v) is 6.14. The molecule has 0 saturated carbocycles. The minimum Gasteiger partial charge on any atom is -0.462 e. The van der Waals surface area contributed by atoms with E-state index in [0.29, 0.717) is 45.8 Å². The molecule has 0 unspecified atom stereocenters. The van der Waals surface area contributed by atoms with Gasteiger partial charge in [-0.05, 0) is 44.0 Å². The number of aromatic nitrogens is 4. The molecule has 3 heterocycles. The van der Waals surface area contributed by atoms with Gasteiger partial charge in [0, 0.05) is 5.69 Å². The van der Waals surface area contributed by atoms with E-state index in [-0.39, 0.29) is 18.1 Å². The smallest absolute Gasteiger partial charge is 0.340 e. The molecule has 0 amide bonds. The first-order valence-corrected chi connectivity index (χ1v) is 11.5. The predicted molar refractivity (Wildman–Crippen MR) is 125 cm³/mol. The Morgan fingerprint density at radius 2 is 1.91 bits per heavy atom. The summed E-state index contributed by atoms with van der Waals surface area (Å²) < 4.78 is 12.6. The maximum Gasteiger partial charge on any atom is 0.340 e. The van der Waals surface area contributed by atoms with Crippen LogP contribution in [0.5, 0.6) is 0 Å². The summed E-state index contributed by atoms with van der Waals surface area (Å²) in [5.41, 5.74) is 3.11. The highest BCUT2D eigenvalue weighted by Gasteiger charge is 2.24. The van der Waals surface area contributed by atoms with Crippen LogP contribution in [0.2, 0.25) is 0 Å². The van der Waals surface area contributed by atoms with Crippen LogP contribution in [0.25, 0.3) is 11.6 Å². The summed E-state index contributed by atoms with van der Waals surface area (Å²) in [6.07, 6.45) is 1.59. The van der Waals surface area contributed by atoms with Gasteiger partial charge in [-0.3, -0.25) is 9.36 Å². The van der Waals surface area contributed by atoms with Crippen LogP contribution in [0.3, 0.4) is 0 Å². The first-order valence-electron chi connectivity index (χ1n) is 10.5. The molecule has 0 saturated heterocycles. The number of furan rings is 1. The molecule has 3 aromatic heterocycles. The van der Waals surface area contributed by atoms with E-state index >= 15 is 0 Å². The fraction of sp³-hybridized carbons (Fsp3) is 0.250. The van der Waals surface area contributed by atoms with Crippen LogP contribution in [0.4, 0.5) is 0 Å². The van der Waals surface area contributed by atoms with Gasteiger partial charge in [0.25, 0.3) is 0 Å². The van der Waals surface area contributed by atoms with E-state index < -0.39 is 5.97 Å². The van der Waals surface area contributed by atoms with Crippen LogP contribution in [0.15, 0.2) is 58.3 Å². The van der Waals surface area contributed by atoms with Crippen molar-refractivity contribution in [2.24, 2.45) is 0 Å². The standard InChI is InChI=1S/C24H24N4O4S/c1-4-31-23(30)20-15(2)21(25-16(20)3)18(29)14-33-24-27-26-22(19-11-8-12-32-19)28(24)13-17-9-6-5-7-10-17/h5-12,25H,4,13-14H2,1-3H3. The molecular weight excluding hydrogens is 440 g/mol. The Balaban J connectivity index is 1.57. The highest BCUT2D eigenvalue weighted by molar-refractivity contribution is 7.99. The number of esters is 1. The van der Waals surface area contributed by atoms with Crippen molar-refractivity contribution in [3.63, 3.8) is 0 Å². The molecule has 0 fully saturated rings. The van der Waals surface area contributed by atoms with Crippen LogP contribution in [0.1, 0.15) is 44.6 Å². The summed E-state index contributed by atoms with van der Waals surface area (Å²) in [6.45, 7) is 6.07. The predicted octanol–water partition coefficient (Wildman–Crippen LogP) is 4.68. The lowest BCUT2D eigenvalue weighted by Crippen LogP contribution is -2.09. The molecule has 8 nitrogen and oxygen atoms in total.